The van der Waals surface area contributed by atoms with Crippen LogP contribution in [0.2, 0.25) is 0 Å². The predicted molar refractivity (Wildman–Crippen MR) is 42.0 cm³/mol. The van der Waals surface area contributed by atoms with Crippen molar-refractivity contribution in [3.63, 3.8) is 0 Å². The van der Waals surface area contributed by atoms with Crippen molar-refractivity contribution in [2.45, 2.75) is 12.1 Å². The van der Waals surface area contributed by atoms with E-state index in [2.05, 4.69) is 16.4 Å². The summed E-state index contributed by atoms with van der Waals surface area (Å²) in [6, 6.07) is 1.96. The molecule has 0 radical (unpaired) electrons. The summed E-state index contributed by atoms with van der Waals surface area (Å²) < 4.78 is 12.8. The van der Waals surface area contributed by atoms with Crippen molar-refractivity contribution < 1.29 is 4.39 Å². The van der Waals surface area contributed by atoms with Crippen LogP contribution >= 0.6 is 0 Å². The van der Waals surface area contributed by atoms with Crippen LogP contribution in [0.5, 0.6) is 0 Å². The maximum atomic E-state index is 12.8. The molecule has 12 heavy (non-hydrogen) atoms. The van der Waals surface area contributed by atoms with Crippen LogP contribution in [0.3, 0.4) is 0 Å². The zero-order valence-electron chi connectivity index (χ0n) is 6.29. The average Bonchev–Trinajstić information content (AvgIpc) is 2.63. The van der Waals surface area contributed by atoms with Crippen molar-refractivity contribution in [1.29, 1.82) is 0 Å². The van der Waals surface area contributed by atoms with Crippen LogP contribution in [0.4, 0.5) is 4.39 Å². The van der Waals surface area contributed by atoms with Gasteiger partial charge >= 0.3 is 0 Å². The van der Waals surface area contributed by atoms with Crippen LogP contribution in [-0.4, -0.2) is 4.98 Å². The van der Waals surface area contributed by atoms with Crippen molar-refractivity contribution in [2.24, 2.45) is 0 Å². The summed E-state index contributed by atoms with van der Waals surface area (Å²) in [5.74, 6) is -0.253. The Labute approximate surface area is 69.1 Å². The molecule has 0 fully saturated rings. The van der Waals surface area contributed by atoms with E-state index >= 15 is 0 Å². The first kappa shape index (κ1) is 6.31. The molecule has 1 aromatic heterocycles. The molecule has 0 spiro atoms. The van der Waals surface area contributed by atoms with Gasteiger partial charge in [-0.05, 0) is 11.6 Å². The van der Waals surface area contributed by atoms with Gasteiger partial charge in [-0.25, -0.2) is 4.39 Å². The van der Waals surface area contributed by atoms with E-state index in [0.29, 0.717) is 0 Å². The van der Waals surface area contributed by atoms with Gasteiger partial charge in [0.05, 0.1) is 24.0 Å². The molecule has 1 N–H and O–H groups in total. The lowest BCUT2D eigenvalue weighted by Crippen LogP contribution is -2.07. The zero-order valence-corrected chi connectivity index (χ0v) is 6.29. The van der Waals surface area contributed by atoms with E-state index in [-0.39, 0.29) is 17.9 Å². The summed E-state index contributed by atoms with van der Waals surface area (Å²) in [6.45, 7) is 0. The van der Waals surface area contributed by atoms with E-state index < -0.39 is 0 Å². The highest BCUT2D eigenvalue weighted by atomic mass is 19.1. The lowest BCUT2D eigenvalue weighted by Gasteiger charge is -2.05. The summed E-state index contributed by atoms with van der Waals surface area (Å²) in [7, 11) is 0. The zero-order chi connectivity index (χ0) is 8.13. The third-order valence-electron chi connectivity index (χ3n) is 2.40. The van der Waals surface area contributed by atoms with Crippen molar-refractivity contribution in [2.75, 3.05) is 0 Å². The highest BCUT2D eigenvalue weighted by Crippen LogP contribution is 2.38. The van der Waals surface area contributed by atoms with Crippen LogP contribution in [0.25, 0.3) is 0 Å². The number of halogens is 1. The molecule has 2 atom stereocenters. The van der Waals surface area contributed by atoms with Gasteiger partial charge in [0.15, 0.2) is 0 Å². The molecular formula is C9H7FN2. The SMILES string of the molecule is Fc1cnc2c(c1)C1C=CC2N1. The second-order valence-electron chi connectivity index (χ2n) is 3.13. The van der Waals surface area contributed by atoms with E-state index in [1.54, 1.807) is 6.07 Å². The predicted octanol–water partition coefficient (Wildman–Crippen LogP) is 1.48. The van der Waals surface area contributed by atoms with E-state index in [0.717, 1.165) is 11.3 Å². The van der Waals surface area contributed by atoms with Crippen LogP contribution in [0.15, 0.2) is 24.4 Å². The monoisotopic (exact) mass is 162 g/mol. The fourth-order valence-corrected chi connectivity index (χ4v) is 1.86. The molecule has 2 bridgehead atoms. The van der Waals surface area contributed by atoms with Gasteiger partial charge in [0.25, 0.3) is 0 Å². The lowest BCUT2D eigenvalue weighted by atomic mass is 10.0. The Bertz CT molecular complexity index is 373. The first-order valence-electron chi connectivity index (χ1n) is 3.94. The largest absolute Gasteiger partial charge is 0.295 e. The van der Waals surface area contributed by atoms with Crippen LogP contribution < -0.4 is 5.32 Å². The second-order valence-corrected chi connectivity index (χ2v) is 3.13. The average molecular weight is 162 g/mol. The van der Waals surface area contributed by atoms with E-state index in [9.17, 15) is 4.39 Å². The molecule has 0 saturated heterocycles. The molecule has 60 valence electrons. The number of fused-ring (bicyclic) bond motifs is 5. The molecule has 3 heteroatoms. The van der Waals surface area contributed by atoms with Crippen LogP contribution in [0, 0.1) is 5.82 Å². The number of nitrogens with zero attached hydrogens (tertiary/aromatic N) is 1. The molecule has 2 aliphatic rings. The van der Waals surface area contributed by atoms with Crippen LogP contribution in [-0.2, 0) is 0 Å². The number of hydrogen-bond donors (Lipinski definition) is 1. The van der Waals surface area contributed by atoms with Crippen molar-refractivity contribution in [1.82, 2.24) is 10.3 Å². The number of rotatable bonds is 0. The Morgan fingerprint density at radius 3 is 3.08 bits per heavy atom. The molecular weight excluding hydrogens is 155 g/mol. The van der Waals surface area contributed by atoms with Gasteiger partial charge in [-0.2, -0.15) is 0 Å². The fraction of sp³-hybridized carbons (Fsp3) is 0.222. The second kappa shape index (κ2) is 1.93. The minimum atomic E-state index is -0.253. The molecule has 1 aromatic rings. The molecule has 2 aliphatic heterocycles. The summed E-state index contributed by atoms with van der Waals surface area (Å²) >= 11 is 0. The van der Waals surface area contributed by atoms with Gasteiger partial charge in [0.1, 0.15) is 5.82 Å². The van der Waals surface area contributed by atoms with Crippen molar-refractivity contribution >= 4 is 0 Å². The van der Waals surface area contributed by atoms with E-state index in [1.807, 2.05) is 6.08 Å². The molecule has 0 aliphatic carbocycles. The number of pyridine rings is 1. The molecule has 3 heterocycles. The summed E-state index contributed by atoms with van der Waals surface area (Å²) in [5, 5.41) is 3.28. The number of aromatic nitrogens is 1. The highest BCUT2D eigenvalue weighted by molar-refractivity contribution is 5.41. The van der Waals surface area contributed by atoms with E-state index in [1.165, 1.54) is 6.20 Å². The lowest BCUT2D eigenvalue weighted by molar-refractivity contribution is 0.617. The molecule has 0 aromatic carbocycles. The standard InChI is InChI=1S/C9H7FN2/c10-5-3-6-7-1-2-8(12-7)9(6)11-4-5/h1-4,7-8,12H. The summed E-state index contributed by atoms with van der Waals surface area (Å²) in [4.78, 5) is 4.05. The van der Waals surface area contributed by atoms with Gasteiger partial charge in [-0.15, -0.1) is 0 Å². The molecule has 0 saturated carbocycles. The highest BCUT2D eigenvalue weighted by Gasteiger charge is 2.33. The Kier molecular flexibility index (Phi) is 1.01. The fourth-order valence-electron chi connectivity index (χ4n) is 1.86. The van der Waals surface area contributed by atoms with Gasteiger partial charge in [0, 0.05) is 0 Å². The topological polar surface area (TPSA) is 24.9 Å². The minimum absolute atomic E-state index is 0.188. The quantitative estimate of drug-likeness (QED) is 0.584. The summed E-state index contributed by atoms with van der Waals surface area (Å²) in [6.07, 6.45) is 5.39. The van der Waals surface area contributed by atoms with Crippen molar-refractivity contribution in [3.8, 4) is 0 Å². The first-order valence-corrected chi connectivity index (χ1v) is 3.94. The Balaban J connectivity index is 2.24. The molecule has 3 rings (SSSR count). The Morgan fingerprint density at radius 1 is 1.33 bits per heavy atom. The smallest absolute Gasteiger partial charge is 0.141 e. The third-order valence-corrected chi connectivity index (χ3v) is 2.40. The van der Waals surface area contributed by atoms with Gasteiger partial charge in [-0.1, -0.05) is 12.2 Å². The molecule has 0 amide bonds. The van der Waals surface area contributed by atoms with Crippen molar-refractivity contribution in [3.05, 3.63) is 41.5 Å². The number of hydrogen-bond acceptors (Lipinski definition) is 2. The van der Waals surface area contributed by atoms with E-state index in [4.69, 9.17) is 0 Å². The third kappa shape index (κ3) is 0.642. The minimum Gasteiger partial charge on any atom is -0.295 e. The maximum Gasteiger partial charge on any atom is 0.141 e. The van der Waals surface area contributed by atoms with Gasteiger partial charge in [-0.3, -0.25) is 10.3 Å². The normalized spacial score (nSPS) is 29.4. The Morgan fingerprint density at radius 2 is 2.17 bits per heavy atom. The first-order chi connectivity index (χ1) is 5.84. The molecule has 2 unspecified atom stereocenters. The van der Waals surface area contributed by atoms with Gasteiger partial charge in [0.2, 0.25) is 0 Å². The molecule has 2 nitrogen and oxygen atoms in total. The Hall–Kier alpha value is -1.22. The van der Waals surface area contributed by atoms with Gasteiger partial charge < -0.3 is 0 Å². The van der Waals surface area contributed by atoms with Crippen LogP contribution in [0.1, 0.15) is 23.3 Å². The maximum absolute atomic E-state index is 12.8. The summed E-state index contributed by atoms with van der Waals surface area (Å²) in [5.41, 5.74) is 1.96. The number of nitrogens with one attached hydrogen (secondary N) is 1.